The zero-order valence-electron chi connectivity index (χ0n) is 13.8. The summed E-state index contributed by atoms with van der Waals surface area (Å²) in [7, 11) is 3.29. The molecule has 24 heavy (non-hydrogen) atoms. The van der Waals surface area contributed by atoms with Gasteiger partial charge in [0.25, 0.3) is 0 Å². The van der Waals surface area contributed by atoms with E-state index in [9.17, 15) is 4.79 Å². The predicted octanol–water partition coefficient (Wildman–Crippen LogP) is 3.22. The molecule has 1 N–H and O–H groups in total. The number of hydrogen-bond donors (Lipinski definition) is 1. The van der Waals surface area contributed by atoms with Crippen molar-refractivity contribution in [2.75, 3.05) is 20.0 Å². The molecular weight excluding hydrogens is 322 g/mol. The fourth-order valence-corrected chi connectivity index (χ4v) is 3.86. The first kappa shape index (κ1) is 16.9. The topological polar surface area (TPSA) is 47.6 Å². The molecule has 0 spiro atoms. The molecule has 1 aliphatic heterocycles. The summed E-state index contributed by atoms with van der Waals surface area (Å²) in [6.45, 7) is 0. The molecule has 1 heterocycles. The van der Waals surface area contributed by atoms with Crippen molar-refractivity contribution in [1.29, 1.82) is 0 Å². The summed E-state index contributed by atoms with van der Waals surface area (Å²) in [6, 6.07) is 15.8. The largest absolute Gasteiger partial charge is 0.497 e. The van der Waals surface area contributed by atoms with Gasteiger partial charge >= 0.3 is 0 Å². The molecule has 2 aromatic rings. The summed E-state index contributed by atoms with van der Waals surface area (Å²) in [5, 5.41) is 3.69. The average Bonchev–Trinajstić information content (AvgIpc) is 2.64. The van der Waals surface area contributed by atoms with Crippen LogP contribution in [0.1, 0.15) is 17.2 Å². The van der Waals surface area contributed by atoms with Crippen LogP contribution in [0.25, 0.3) is 0 Å². The number of nitrogens with one attached hydrogen (secondary N) is 1. The molecular formula is C19H21NO3S. The van der Waals surface area contributed by atoms with Gasteiger partial charge in [0, 0.05) is 23.4 Å². The van der Waals surface area contributed by atoms with Gasteiger partial charge in [-0.3, -0.25) is 10.1 Å². The van der Waals surface area contributed by atoms with Crippen molar-refractivity contribution < 1.29 is 14.3 Å². The van der Waals surface area contributed by atoms with Crippen molar-refractivity contribution in [1.82, 2.24) is 5.32 Å². The lowest BCUT2D eigenvalue weighted by atomic mass is 10.0. The van der Waals surface area contributed by atoms with Crippen LogP contribution >= 0.6 is 11.8 Å². The number of benzene rings is 2. The standard InChI is InChI=1S/C19H21NO3S/c1-22-14-8-9-15(18(11-14)23-2)17-12-24-19(21)16(20-17)10-13-6-4-3-5-7-13/h3-9,11,16-17,20H,10,12H2,1-2H3/t16-,17-/m0/s1. The Labute approximate surface area is 146 Å². The van der Waals surface area contributed by atoms with E-state index < -0.39 is 0 Å². The molecule has 0 aromatic heterocycles. The predicted molar refractivity (Wildman–Crippen MR) is 96.8 cm³/mol. The molecule has 0 unspecified atom stereocenters. The van der Waals surface area contributed by atoms with E-state index in [1.165, 1.54) is 11.8 Å². The number of carbonyl (C=O) groups excluding carboxylic acids is 1. The Bertz CT molecular complexity index is 705. The zero-order valence-corrected chi connectivity index (χ0v) is 14.6. The van der Waals surface area contributed by atoms with Crippen LogP contribution in [0.15, 0.2) is 48.5 Å². The molecule has 0 aliphatic carbocycles. The van der Waals surface area contributed by atoms with Gasteiger partial charge in [-0.25, -0.2) is 0 Å². The van der Waals surface area contributed by atoms with E-state index in [4.69, 9.17) is 9.47 Å². The molecule has 3 rings (SSSR count). The molecule has 1 fully saturated rings. The fraction of sp³-hybridized carbons (Fsp3) is 0.316. The highest BCUT2D eigenvalue weighted by Gasteiger charge is 2.31. The van der Waals surface area contributed by atoms with E-state index in [1.54, 1.807) is 14.2 Å². The second-order valence-electron chi connectivity index (χ2n) is 5.70. The third-order valence-corrected chi connectivity index (χ3v) is 5.25. The van der Waals surface area contributed by atoms with Gasteiger partial charge in [0.15, 0.2) is 0 Å². The van der Waals surface area contributed by atoms with Gasteiger partial charge in [-0.15, -0.1) is 0 Å². The quantitative estimate of drug-likeness (QED) is 0.903. The maximum atomic E-state index is 12.3. The van der Waals surface area contributed by atoms with E-state index in [0.717, 1.165) is 22.6 Å². The monoisotopic (exact) mass is 343 g/mol. The van der Waals surface area contributed by atoms with Crippen molar-refractivity contribution in [3.05, 3.63) is 59.7 Å². The van der Waals surface area contributed by atoms with Crippen LogP contribution in [0.3, 0.4) is 0 Å². The number of ether oxygens (including phenoxy) is 2. The first-order chi connectivity index (χ1) is 11.7. The first-order valence-corrected chi connectivity index (χ1v) is 8.88. The smallest absolute Gasteiger partial charge is 0.206 e. The SMILES string of the molecule is COc1ccc([C@@H]2CSC(=O)[C@H](Cc3ccccc3)N2)c(OC)c1. The third kappa shape index (κ3) is 3.74. The lowest BCUT2D eigenvalue weighted by Crippen LogP contribution is -2.44. The summed E-state index contributed by atoms with van der Waals surface area (Å²) in [4.78, 5) is 12.3. The second kappa shape index (κ2) is 7.73. The number of hydrogen-bond acceptors (Lipinski definition) is 5. The molecule has 0 bridgehead atoms. The van der Waals surface area contributed by atoms with Crippen LogP contribution in [-0.2, 0) is 11.2 Å². The molecule has 126 valence electrons. The Morgan fingerprint density at radius 3 is 2.62 bits per heavy atom. The lowest BCUT2D eigenvalue weighted by molar-refractivity contribution is -0.113. The van der Waals surface area contributed by atoms with E-state index >= 15 is 0 Å². The lowest BCUT2D eigenvalue weighted by Gasteiger charge is -2.30. The second-order valence-corrected chi connectivity index (χ2v) is 6.72. The van der Waals surface area contributed by atoms with Crippen molar-refractivity contribution in [3.8, 4) is 11.5 Å². The highest BCUT2D eigenvalue weighted by atomic mass is 32.2. The van der Waals surface area contributed by atoms with E-state index in [0.29, 0.717) is 12.2 Å². The molecule has 2 aromatic carbocycles. The van der Waals surface area contributed by atoms with Gasteiger partial charge in [0.2, 0.25) is 5.12 Å². The molecule has 0 radical (unpaired) electrons. The fourth-order valence-electron chi connectivity index (χ4n) is 2.90. The summed E-state index contributed by atoms with van der Waals surface area (Å²) in [5.74, 6) is 2.24. The summed E-state index contributed by atoms with van der Waals surface area (Å²) in [5.41, 5.74) is 2.21. The number of carbonyl (C=O) groups is 1. The van der Waals surface area contributed by atoms with Crippen LogP contribution in [0.4, 0.5) is 0 Å². The van der Waals surface area contributed by atoms with Gasteiger partial charge in [0.1, 0.15) is 11.5 Å². The maximum absolute atomic E-state index is 12.3. The Morgan fingerprint density at radius 1 is 1.12 bits per heavy atom. The zero-order chi connectivity index (χ0) is 16.9. The Morgan fingerprint density at radius 2 is 1.92 bits per heavy atom. The highest BCUT2D eigenvalue weighted by molar-refractivity contribution is 8.13. The molecule has 0 amide bonds. The molecule has 5 heteroatoms. The highest BCUT2D eigenvalue weighted by Crippen LogP contribution is 2.34. The molecule has 2 atom stereocenters. The third-order valence-electron chi connectivity index (χ3n) is 4.18. The van der Waals surface area contributed by atoms with E-state index in [1.807, 2.05) is 36.4 Å². The molecule has 4 nitrogen and oxygen atoms in total. The minimum absolute atomic E-state index is 0.0715. The van der Waals surface area contributed by atoms with Crippen LogP contribution < -0.4 is 14.8 Å². The van der Waals surface area contributed by atoms with Gasteiger partial charge in [-0.05, 0) is 18.1 Å². The minimum atomic E-state index is -0.192. The number of thioether (sulfide) groups is 1. The molecule has 0 saturated carbocycles. The van der Waals surface area contributed by atoms with Gasteiger partial charge in [-0.1, -0.05) is 48.2 Å². The van der Waals surface area contributed by atoms with E-state index in [2.05, 4.69) is 17.4 Å². The number of rotatable bonds is 5. The Kier molecular flexibility index (Phi) is 5.43. The molecule has 1 aliphatic rings. The minimum Gasteiger partial charge on any atom is -0.497 e. The van der Waals surface area contributed by atoms with Crippen molar-refractivity contribution in [2.45, 2.75) is 18.5 Å². The Hall–Kier alpha value is -1.98. The van der Waals surface area contributed by atoms with Crippen molar-refractivity contribution >= 4 is 16.9 Å². The Balaban J connectivity index is 1.79. The van der Waals surface area contributed by atoms with Gasteiger partial charge in [0.05, 0.1) is 20.3 Å². The maximum Gasteiger partial charge on any atom is 0.206 e. The van der Waals surface area contributed by atoms with Crippen LogP contribution in [0.5, 0.6) is 11.5 Å². The van der Waals surface area contributed by atoms with Gasteiger partial charge < -0.3 is 9.47 Å². The van der Waals surface area contributed by atoms with Crippen LogP contribution in [0, 0.1) is 0 Å². The summed E-state index contributed by atoms with van der Waals surface area (Å²) >= 11 is 1.39. The number of methoxy groups -OCH3 is 2. The van der Waals surface area contributed by atoms with Crippen molar-refractivity contribution in [3.63, 3.8) is 0 Å². The first-order valence-electron chi connectivity index (χ1n) is 7.90. The van der Waals surface area contributed by atoms with E-state index in [-0.39, 0.29) is 17.2 Å². The van der Waals surface area contributed by atoms with Crippen molar-refractivity contribution in [2.24, 2.45) is 0 Å². The van der Waals surface area contributed by atoms with Crippen LogP contribution in [-0.4, -0.2) is 31.1 Å². The summed E-state index contributed by atoms with van der Waals surface area (Å²) in [6.07, 6.45) is 0.696. The normalized spacial score (nSPS) is 20.7. The van der Waals surface area contributed by atoms with Gasteiger partial charge in [-0.2, -0.15) is 0 Å². The molecule has 1 saturated heterocycles. The average molecular weight is 343 g/mol. The van der Waals surface area contributed by atoms with Crippen LogP contribution in [0.2, 0.25) is 0 Å². The summed E-state index contributed by atoms with van der Waals surface area (Å²) < 4.78 is 10.8.